The highest BCUT2D eigenvalue weighted by molar-refractivity contribution is 5.62. The van der Waals surface area contributed by atoms with Gasteiger partial charge in [0.05, 0.1) is 24.2 Å². The van der Waals surface area contributed by atoms with Gasteiger partial charge in [-0.15, -0.1) is 0 Å². The van der Waals surface area contributed by atoms with Crippen LogP contribution in [0.3, 0.4) is 0 Å². The molecule has 0 fully saturated rings. The molecule has 1 aromatic carbocycles. The van der Waals surface area contributed by atoms with E-state index in [0.717, 1.165) is 5.56 Å². The van der Waals surface area contributed by atoms with Gasteiger partial charge in [0.1, 0.15) is 5.52 Å². The molecule has 96 valence electrons. The average molecular weight is 256 g/mol. The topological polar surface area (TPSA) is 96.4 Å². The molecule has 0 unspecified atom stereocenters. The number of anilines is 1. The molecule has 0 aliphatic heterocycles. The Kier molecular flexibility index (Phi) is 2.57. The van der Waals surface area contributed by atoms with E-state index < -0.39 is 0 Å². The third kappa shape index (κ3) is 1.98. The van der Waals surface area contributed by atoms with E-state index in [2.05, 4.69) is 10.1 Å². The molecule has 0 radical (unpaired) electrons. The number of benzene rings is 1. The van der Waals surface area contributed by atoms with Gasteiger partial charge in [0.15, 0.2) is 0 Å². The van der Waals surface area contributed by atoms with Gasteiger partial charge >= 0.3 is 0 Å². The van der Waals surface area contributed by atoms with E-state index in [0.29, 0.717) is 22.6 Å². The standard InChI is InChI=1S/C13H12N4O2/c14-9-3-1-8(2-4-9)11-6-17-12(13(19)15-11)5-10(7-18)16-17/h1-6,18H,7,14H2,(H,15,19). The Morgan fingerprint density at radius 3 is 2.74 bits per heavy atom. The number of rotatable bonds is 2. The van der Waals surface area contributed by atoms with Crippen molar-refractivity contribution >= 4 is 11.2 Å². The first-order valence-corrected chi connectivity index (χ1v) is 5.76. The first-order valence-electron chi connectivity index (χ1n) is 5.76. The van der Waals surface area contributed by atoms with Gasteiger partial charge < -0.3 is 15.8 Å². The number of nitrogen functional groups attached to an aromatic ring is 1. The van der Waals surface area contributed by atoms with Crippen molar-refractivity contribution in [1.82, 2.24) is 14.6 Å². The number of aromatic nitrogens is 3. The summed E-state index contributed by atoms with van der Waals surface area (Å²) in [4.78, 5) is 14.7. The van der Waals surface area contributed by atoms with Gasteiger partial charge in [-0.25, -0.2) is 4.52 Å². The van der Waals surface area contributed by atoms with Crippen LogP contribution in [0.4, 0.5) is 5.69 Å². The second kappa shape index (κ2) is 4.25. The minimum absolute atomic E-state index is 0.196. The molecule has 0 amide bonds. The van der Waals surface area contributed by atoms with Crippen LogP contribution in [-0.2, 0) is 6.61 Å². The number of aromatic amines is 1. The maximum absolute atomic E-state index is 11.9. The molecule has 2 heterocycles. The molecule has 0 spiro atoms. The van der Waals surface area contributed by atoms with E-state index in [4.69, 9.17) is 10.8 Å². The number of nitrogens with two attached hydrogens (primary N) is 1. The molecule has 3 rings (SSSR count). The van der Waals surface area contributed by atoms with E-state index in [1.54, 1.807) is 24.4 Å². The Labute approximate surface area is 108 Å². The summed E-state index contributed by atoms with van der Waals surface area (Å²) in [6.45, 7) is -0.196. The second-order valence-corrected chi connectivity index (χ2v) is 4.24. The first-order chi connectivity index (χ1) is 9.17. The van der Waals surface area contributed by atoms with Gasteiger partial charge in [0.2, 0.25) is 0 Å². The van der Waals surface area contributed by atoms with Crippen molar-refractivity contribution in [3.63, 3.8) is 0 Å². The number of nitrogens with one attached hydrogen (secondary N) is 1. The smallest absolute Gasteiger partial charge is 0.274 e. The quantitative estimate of drug-likeness (QED) is 0.590. The van der Waals surface area contributed by atoms with Gasteiger partial charge in [-0.2, -0.15) is 5.10 Å². The van der Waals surface area contributed by atoms with Crippen LogP contribution in [0.5, 0.6) is 0 Å². The molecule has 6 nitrogen and oxygen atoms in total. The molecule has 0 aliphatic carbocycles. The monoisotopic (exact) mass is 256 g/mol. The average Bonchev–Trinajstić information content (AvgIpc) is 2.83. The highest BCUT2D eigenvalue weighted by Crippen LogP contribution is 2.17. The Bertz CT molecular complexity index is 787. The second-order valence-electron chi connectivity index (χ2n) is 4.24. The maximum Gasteiger partial charge on any atom is 0.274 e. The lowest BCUT2D eigenvalue weighted by atomic mass is 10.1. The van der Waals surface area contributed by atoms with Gasteiger partial charge in [-0.1, -0.05) is 12.1 Å². The molecule has 0 bridgehead atoms. The van der Waals surface area contributed by atoms with Crippen LogP contribution in [0, 0.1) is 0 Å². The lowest BCUT2D eigenvalue weighted by Crippen LogP contribution is -2.10. The largest absolute Gasteiger partial charge is 0.399 e. The molecular formula is C13H12N4O2. The summed E-state index contributed by atoms with van der Waals surface area (Å²) in [5, 5.41) is 13.2. The highest BCUT2D eigenvalue weighted by Gasteiger charge is 2.07. The fourth-order valence-electron chi connectivity index (χ4n) is 1.94. The van der Waals surface area contributed by atoms with Crippen molar-refractivity contribution in [2.24, 2.45) is 0 Å². The van der Waals surface area contributed by atoms with Crippen LogP contribution in [0.15, 0.2) is 41.3 Å². The van der Waals surface area contributed by atoms with Gasteiger partial charge in [0.25, 0.3) is 5.56 Å². The molecule has 0 aliphatic rings. The zero-order valence-electron chi connectivity index (χ0n) is 10.00. The SMILES string of the molecule is Nc1ccc(-c2cn3nc(CO)cc3c(=O)[nH]2)cc1. The van der Waals surface area contributed by atoms with Crippen molar-refractivity contribution in [2.45, 2.75) is 6.61 Å². The number of H-pyrrole nitrogens is 1. The van der Waals surface area contributed by atoms with Crippen LogP contribution in [0.25, 0.3) is 16.8 Å². The van der Waals surface area contributed by atoms with Crippen LogP contribution in [0.1, 0.15) is 5.69 Å². The number of aliphatic hydroxyl groups excluding tert-OH is 1. The Morgan fingerprint density at radius 2 is 2.05 bits per heavy atom. The molecular weight excluding hydrogens is 244 g/mol. The molecule has 3 aromatic rings. The summed E-state index contributed by atoms with van der Waals surface area (Å²) in [5.41, 5.74) is 8.39. The zero-order chi connectivity index (χ0) is 13.4. The summed E-state index contributed by atoms with van der Waals surface area (Å²) in [6, 6.07) is 8.73. The van der Waals surface area contributed by atoms with Gasteiger partial charge in [-0.05, 0) is 23.8 Å². The number of nitrogens with zero attached hydrogens (tertiary/aromatic N) is 2. The molecule has 19 heavy (non-hydrogen) atoms. The summed E-state index contributed by atoms with van der Waals surface area (Å²) in [7, 11) is 0. The minimum atomic E-state index is -0.249. The highest BCUT2D eigenvalue weighted by atomic mass is 16.3. The lowest BCUT2D eigenvalue weighted by Gasteiger charge is -2.03. The normalized spacial score (nSPS) is 11.0. The molecule has 0 saturated carbocycles. The lowest BCUT2D eigenvalue weighted by molar-refractivity contribution is 0.276. The van der Waals surface area contributed by atoms with Crippen molar-refractivity contribution in [3.05, 3.63) is 52.6 Å². The molecule has 4 N–H and O–H groups in total. The van der Waals surface area contributed by atoms with E-state index in [-0.39, 0.29) is 12.2 Å². The summed E-state index contributed by atoms with van der Waals surface area (Å²) in [5.74, 6) is 0. The molecule has 0 atom stereocenters. The third-order valence-electron chi connectivity index (χ3n) is 2.90. The Balaban J connectivity index is 2.20. The van der Waals surface area contributed by atoms with Crippen LogP contribution < -0.4 is 11.3 Å². The fourth-order valence-corrected chi connectivity index (χ4v) is 1.94. The first kappa shape index (κ1) is 11.5. The van der Waals surface area contributed by atoms with Crippen molar-refractivity contribution < 1.29 is 5.11 Å². The number of hydrogen-bond acceptors (Lipinski definition) is 4. The van der Waals surface area contributed by atoms with Crippen molar-refractivity contribution in [2.75, 3.05) is 5.73 Å². The van der Waals surface area contributed by atoms with Gasteiger partial charge in [-0.3, -0.25) is 4.79 Å². The Morgan fingerprint density at radius 1 is 1.32 bits per heavy atom. The number of aliphatic hydroxyl groups is 1. The zero-order valence-corrected chi connectivity index (χ0v) is 10.00. The fraction of sp³-hybridized carbons (Fsp3) is 0.0769. The van der Waals surface area contributed by atoms with Crippen LogP contribution >= 0.6 is 0 Å². The van der Waals surface area contributed by atoms with Gasteiger partial charge in [0, 0.05) is 5.69 Å². The molecule has 2 aromatic heterocycles. The Hall–Kier alpha value is -2.60. The van der Waals surface area contributed by atoms with E-state index in [9.17, 15) is 4.79 Å². The van der Waals surface area contributed by atoms with Crippen LogP contribution in [0.2, 0.25) is 0 Å². The van der Waals surface area contributed by atoms with E-state index in [1.165, 1.54) is 4.52 Å². The molecule has 6 heteroatoms. The van der Waals surface area contributed by atoms with Crippen molar-refractivity contribution in [3.8, 4) is 11.3 Å². The van der Waals surface area contributed by atoms with E-state index in [1.807, 2.05) is 12.1 Å². The van der Waals surface area contributed by atoms with Crippen LogP contribution in [-0.4, -0.2) is 19.7 Å². The summed E-state index contributed by atoms with van der Waals surface area (Å²) in [6.07, 6.45) is 1.71. The maximum atomic E-state index is 11.9. The number of fused-ring (bicyclic) bond motifs is 1. The number of hydrogen-bond donors (Lipinski definition) is 3. The summed E-state index contributed by atoms with van der Waals surface area (Å²) >= 11 is 0. The third-order valence-corrected chi connectivity index (χ3v) is 2.90. The molecule has 0 saturated heterocycles. The predicted octanol–water partition coefficient (Wildman–Crippen LogP) is 0.764. The predicted molar refractivity (Wildman–Crippen MR) is 71.6 cm³/mol. The van der Waals surface area contributed by atoms with Crippen molar-refractivity contribution in [1.29, 1.82) is 0 Å². The van der Waals surface area contributed by atoms with E-state index >= 15 is 0 Å². The minimum Gasteiger partial charge on any atom is -0.399 e. The summed E-state index contributed by atoms with van der Waals surface area (Å²) < 4.78 is 1.47.